The number of thioether (sulfide) groups is 1. The van der Waals surface area contributed by atoms with Crippen molar-refractivity contribution >= 4 is 33.4 Å². The second kappa shape index (κ2) is 12.3. The molecular formula is C20H34N2O3S2. The van der Waals surface area contributed by atoms with Gasteiger partial charge in [-0.1, -0.05) is 39.2 Å². The number of sulfonamides is 1. The molecule has 1 aromatic rings. The van der Waals surface area contributed by atoms with Gasteiger partial charge in [0.1, 0.15) is 0 Å². The Bertz CT molecular complexity index is 678. The molecule has 0 saturated carbocycles. The summed E-state index contributed by atoms with van der Waals surface area (Å²) in [6, 6.07) is 7.46. The number of carbonyl (C=O) groups excluding carboxylic acids is 1. The zero-order valence-electron chi connectivity index (χ0n) is 17.0. The fraction of sp³-hybridized carbons (Fsp3) is 0.650. The summed E-state index contributed by atoms with van der Waals surface area (Å²) in [6.45, 7) is 5.34. The number of unbranched alkanes of at least 4 members (excludes halogenated alkanes) is 1. The van der Waals surface area contributed by atoms with Crippen LogP contribution in [0.25, 0.3) is 0 Å². The van der Waals surface area contributed by atoms with Gasteiger partial charge in [-0.3, -0.25) is 9.10 Å². The van der Waals surface area contributed by atoms with Crippen molar-refractivity contribution in [1.82, 2.24) is 5.32 Å². The van der Waals surface area contributed by atoms with Gasteiger partial charge in [0.2, 0.25) is 15.9 Å². The summed E-state index contributed by atoms with van der Waals surface area (Å²) in [5.41, 5.74) is 0.648. The molecule has 1 atom stereocenters. The van der Waals surface area contributed by atoms with Crippen LogP contribution >= 0.6 is 11.8 Å². The van der Waals surface area contributed by atoms with Gasteiger partial charge in [-0.05, 0) is 43.2 Å². The number of amides is 1. The molecule has 27 heavy (non-hydrogen) atoms. The van der Waals surface area contributed by atoms with Gasteiger partial charge in [-0.15, -0.1) is 11.8 Å². The monoisotopic (exact) mass is 414 g/mol. The van der Waals surface area contributed by atoms with Crippen LogP contribution in [0.5, 0.6) is 0 Å². The Labute approximate surface area is 169 Å². The van der Waals surface area contributed by atoms with E-state index in [2.05, 4.69) is 19.2 Å². The second-order valence-electron chi connectivity index (χ2n) is 6.86. The molecule has 0 saturated heterocycles. The molecule has 1 unspecified atom stereocenters. The van der Waals surface area contributed by atoms with E-state index in [4.69, 9.17) is 0 Å². The normalized spacial score (nSPS) is 12.6. The van der Waals surface area contributed by atoms with Crippen LogP contribution in [0, 0.1) is 5.92 Å². The quantitative estimate of drug-likeness (QED) is 0.489. The Hall–Kier alpha value is -1.21. The molecule has 0 aliphatic carbocycles. The van der Waals surface area contributed by atoms with Gasteiger partial charge in [0.15, 0.2) is 0 Å². The Kier molecular flexibility index (Phi) is 10.8. The summed E-state index contributed by atoms with van der Waals surface area (Å²) >= 11 is 1.57. The summed E-state index contributed by atoms with van der Waals surface area (Å²) in [5.74, 6) is 0.520. The van der Waals surface area contributed by atoms with Crippen LogP contribution in [-0.4, -0.2) is 39.9 Å². The summed E-state index contributed by atoms with van der Waals surface area (Å²) in [5, 5.41) is 3.00. The molecule has 0 spiro atoms. The maximum atomic E-state index is 12.2. The standard InChI is InChI=1S/C20H34N2O3S2/c1-5-7-10-17(6-2)16-21-20(23)13-9-14-22(27(4,24)25)18-11-8-12-19(15-18)26-3/h8,11-12,15,17H,5-7,9-10,13-14,16H2,1-4H3,(H,21,23). The highest BCUT2D eigenvalue weighted by Crippen LogP contribution is 2.24. The van der Waals surface area contributed by atoms with Gasteiger partial charge in [0, 0.05) is 24.4 Å². The van der Waals surface area contributed by atoms with E-state index < -0.39 is 10.0 Å². The van der Waals surface area contributed by atoms with Crippen molar-refractivity contribution in [2.24, 2.45) is 5.92 Å². The van der Waals surface area contributed by atoms with Crippen molar-refractivity contribution in [3.8, 4) is 0 Å². The molecule has 7 heteroatoms. The van der Waals surface area contributed by atoms with E-state index in [0.717, 1.165) is 17.7 Å². The van der Waals surface area contributed by atoms with E-state index in [9.17, 15) is 13.2 Å². The molecule has 5 nitrogen and oxygen atoms in total. The number of carbonyl (C=O) groups is 1. The molecule has 0 aliphatic heterocycles. The van der Waals surface area contributed by atoms with Crippen molar-refractivity contribution in [3.63, 3.8) is 0 Å². The average Bonchev–Trinajstić information content (AvgIpc) is 2.64. The fourth-order valence-electron chi connectivity index (χ4n) is 2.93. The second-order valence-corrected chi connectivity index (χ2v) is 9.65. The van der Waals surface area contributed by atoms with Crippen LogP contribution in [0.1, 0.15) is 52.4 Å². The van der Waals surface area contributed by atoms with E-state index >= 15 is 0 Å². The minimum atomic E-state index is -3.39. The first-order valence-corrected chi connectivity index (χ1v) is 12.8. The van der Waals surface area contributed by atoms with Gasteiger partial charge >= 0.3 is 0 Å². The van der Waals surface area contributed by atoms with Gasteiger partial charge in [0.05, 0.1) is 11.9 Å². The number of rotatable bonds is 13. The van der Waals surface area contributed by atoms with Crippen LogP contribution in [0.3, 0.4) is 0 Å². The SMILES string of the molecule is CCCCC(CC)CNC(=O)CCCN(c1cccc(SC)c1)S(C)(=O)=O. The lowest BCUT2D eigenvalue weighted by molar-refractivity contribution is -0.121. The third-order valence-corrected chi connectivity index (χ3v) is 6.56. The van der Waals surface area contributed by atoms with Crippen LogP contribution in [0.15, 0.2) is 29.2 Å². The average molecular weight is 415 g/mol. The van der Waals surface area contributed by atoms with Crippen molar-refractivity contribution < 1.29 is 13.2 Å². The number of hydrogen-bond acceptors (Lipinski definition) is 4. The Balaban J connectivity index is 2.55. The molecule has 0 aliphatic rings. The van der Waals surface area contributed by atoms with Crippen molar-refractivity contribution in [1.29, 1.82) is 0 Å². The number of hydrogen-bond donors (Lipinski definition) is 1. The van der Waals surface area contributed by atoms with E-state index in [1.54, 1.807) is 17.8 Å². The van der Waals surface area contributed by atoms with Gasteiger partial charge in [0.25, 0.3) is 0 Å². The van der Waals surface area contributed by atoms with Crippen LogP contribution in [0.4, 0.5) is 5.69 Å². The van der Waals surface area contributed by atoms with Crippen LogP contribution in [-0.2, 0) is 14.8 Å². The molecule has 1 N–H and O–H groups in total. The number of nitrogens with zero attached hydrogens (tertiary/aromatic N) is 1. The lowest BCUT2D eigenvalue weighted by Gasteiger charge is -2.23. The highest BCUT2D eigenvalue weighted by atomic mass is 32.2. The third-order valence-electron chi connectivity index (χ3n) is 4.64. The number of benzene rings is 1. The molecule has 1 amide bonds. The molecule has 1 aromatic carbocycles. The lowest BCUT2D eigenvalue weighted by atomic mass is 9.99. The molecule has 0 radical (unpaired) electrons. The molecule has 0 bridgehead atoms. The van der Waals surface area contributed by atoms with E-state index in [0.29, 0.717) is 37.5 Å². The maximum Gasteiger partial charge on any atom is 0.232 e. The smallest absolute Gasteiger partial charge is 0.232 e. The minimum absolute atomic E-state index is 0.00346. The van der Waals surface area contributed by atoms with Crippen LogP contribution in [0.2, 0.25) is 0 Å². The maximum absolute atomic E-state index is 12.2. The molecule has 0 aromatic heterocycles. The Morgan fingerprint density at radius 2 is 2.00 bits per heavy atom. The topological polar surface area (TPSA) is 66.5 Å². The first kappa shape index (κ1) is 23.8. The first-order valence-electron chi connectivity index (χ1n) is 9.70. The van der Waals surface area contributed by atoms with Crippen molar-refractivity contribution in [2.75, 3.05) is 29.9 Å². The molecule has 1 rings (SSSR count). The fourth-order valence-corrected chi connectivity index (χ4v) is 4.34. The molecule has 154 valence electrons. The summed E-state index contributed by atoms with van der Waals surface area (Å²) in [6.07, 6.45) is 8.55. The highest BCUT2D eigenvalue weighted by Gasteiger charge is 2.18. The first-order chi connectivity index (χ1) is 12.8. The van der Waals surface area contributed by atoms with Gasteiger partial charge in [-0.2, -0.15) is 0 Å². The third kappa shape index (κ3) is 9.02. The molecule has 0 fully saturated rings. The van der Waals surface area contributed by atoms with E-state index in [1.807, 2.05) is 24.5 Å². The predicted octanol–water partition coefficient (Wildman–Crippen LogP) is 4.29. The van der Waals surface area contributed by atoms with E-state index in [-0.39, 0.29) is 5.91 Å². The molecular weight excluding hydrogens is 380 g/mol. The van der Waals surface area contributed by atoms with Crippen LogP contribution < -0.4 is 9.62 Å². The zero-order chi connectivity index (χ0) is 20.3. The number of nitrogens with one attached hydrogen (secondary N) is 1. The minimum Gasteiger partial charge on any atom is -0.356 e. The van der Waals surface area contributed by atoms with Crippen molar-refractivity contribution in [3.05, 3.63) is 24.3 Å². The van der Waals surface area contributed by atoms with Gasteiger partial charge < -0.3 is 5.32 Å². The largest absolute Gasteiger partial charge is 0.356 e. The van der Waals surface area contributed by atoms with E-state index in [1.165, 1.54) is 23.4 Å². The summed E-state index contributed by atoms with van der Waals surface area (Å²) in [7, 11) is -3.39. The Morgan fingerprint density at radius 3 is 2.59 bits per heavy atom. The molecule has 0 heterocycles. The van der Waals surface area contributed by atoms with Crippen molar-refractivity contribution in [2.45, 2.75) is 57.3 Å². The Morgan fingerprint density at radius 1 is 1.26 bits per heavy atom. The predicted molar refractivity (Wildman–Crippen MR) is 116 cm³/mol. The highest BCUT2D eigenvalue weighted by molar-refractivity contribution is 7.98. The summed E-state index contributed by atoms with van der Waals surface area (Å²) < 4.78 is 25.7. The zero-order valence-corrected chi connectivity index (χ0v) is 18.7. The van der Waals surface area contributed by atoms with Gasteiger partial charge in [-0.25, -0.2) is 8.42 Å². The summed E-state index contributed by atoms with van der Waals surface area (Å²) in [4.78, 5) is 13.1. The number of anilines is 1. The lowest BCUT2D eigenvalue weighted by Crippen LogP contribution is -2.33.